The van der Waals surface area contributed by atoms with Gasteiger partial charge in [-0.25, -0.2) is 0 Å². The molecular weight excluding hydrogens is 240 g/mol. The summed E-state index contributed by atoms with van der Waals surface area (Å²) in [7, 11) is 0. The molecule has 1 aromatic carbocycles. The molecule has 1 aliphatic heterocycles. The Kier molecular flexibility index (Phi) is 4.20. The maximum atomic E-state index is 12.2. The van der Waals surface area contributed by atoms with Crippen molar-refractivity contribution in [1.82, 2.24) is 10.2 Å². The minimum Gasteiger partial charge on any atom is -0.343 e. The fraction of sp³-hybridized carbons (Fsp3) is 0.467. The van der Waals surface area contributed by atoms with E-state index in [1.165, 1.54) is 5.56 Å². The van der Waals surface area contributed by atoms with E-state index in [2.05, 4.69) is 24.4 Å². The molecular formula is C15H20N2O2. The monoisotopic (exact) mass is 260 g/mol. The largest absolute Gasteiger partial charge is 0.343 e. The third-order valence-corrected chi connectivity index (χ3v) is 3.55. The van der Waals surface area contributed by atoms with Crippen molar-refractivity contribution in [3.8, 4) is 0 Å². The van der Waals surface area contributed by atoms with Gasteiger partial charge < -0.3 is 10.2 Å². The van der Waals surface area contributed by atoms with Gasteiger partial charge in [0.05, 0.1) is 6.54 Å². The lowest BCUT2D eigenvalue weighted by Crippen LogP contribution is -2.58. The van der Waals surface area contributed by atoms with E-state index in [1.807, 2.05) is 25.1 Å². The van der Waals surface area contributed by atoms with Crippen LogP contribution in [0.25, 0.3) is 0 Å². The number of amides is 2. The van der Waals surface area contributed by atoms with Gasteiger partial charge in [0, 0.05) is 6.54 Å². The molecule has 4 heteroatoms. The first-order valence-corrected chi connectivity index (χ1v) is 6.75. The number of hydrogen-bond acceptors (Lipinski definition) is 2. The van der Waals surface area contributed by atoms with E-state index >= 15 is 0 Å². The molecule has 2 unspecified atom stereocenters. The van der Waals surface area contributed by atoms with Gasteiger partial charge in [0.15, 0.2) is 0 Å². The van der Waals surface area contributed by atoms with Crippen molar-refractivity contribution < 1.29 is 9.59 Å². The van der Waals surface area contributed by atoms with Crippen molar-refractivity contribution in [3.05, 3.63) is 35.9 Å². The van der Waals surface area contributed by atoms with Gasteiger partial charge in [-0.05, 0) is 17.9 Å². The number of benzene rings is 1. The highest BCUT2D eigenvalue weighted by atomic mass is 16.2. The van der Waals surface area contributed by atoms with Gasteiger partial charge in [-0.1, -0.05) is 44.2 Å². The van der Waals surface area contributed by atoms with Crippen molar-refractivity contribution in [2.45, 2.75) is 32.2 Å². The quantitative estimate of drug-likeness (QED) is 0.892. The van der Waals surface area contributed by atoms with E-state index in [1.54, 1.807) is 4.90 Å². The van der Waals surface area contributed by atoms with Crippen LogP contribution in [0.5, 0.6) is 0 Å². The van der Waals surface area contributed by atoms with Crippen LogP contribution < -0.4 is 5.32 Å². The van der Waals surface area contributed by atoms with Gasteiger partial charge in [-0.15, -0.1) is 0 Å². The number of nitrogens with one attached hydrogen (secondary N) is 1. The lowest BCUT2D eigenvalue weighted by atomic mass is 9.99. The molecule has 1 fully saturated rings. The maximum Gasteiger partial charge on any atom is 0.245 e. The Labute approximate surface area is 113 Å². The minimum absolute atomic E-state index is 0.0323. The molecule has 1 N–H and O–H groups in total. The average molecular weight is 260 g/mol. The second-order valence-corrected chi connectivity index (χ2v) is 5.06. The summed E-state index contributed by atoms with van der Waals surface area (Å²) in [6.07, 6.45) is 0.640. The SMILES string of the molecule is CCC1NC(=O)CN(CC(C)c2ccccc2)C1=O. The Balaban J connectivity index is 2.05. The third kappa shape index (κ3) is 3.13. The average Bonchev–Trinajstić information content (AvgIpc) is 2.43. The number of piperazine rings is 1. The van der Waals surface area contributed by atoms with E-state index in [-0.39, 0.29) is 30.3 Å². The van der Waals surface area contributed by atoms with Gasteiger partial charge in [0.1, 0.15) is 6.04 Å². The number of hydrogen-bond donors (Lipinski definition) is 1. The number of carbonyl (C=O) groups excluding carboxylic acids is 2. The summed E-state index contributed by atoms with van der Waals surface area (Å²) >= 11 is 0. The first kappa shape index (κ1) is 13.6. The molecule has 1 saturated heterocycles. The van der Waals surface area contributed by atoms with E-state index in [4.69, 9.17) is 0 Å². The van der Waals surface area contributed by atoms with Crippen LogP contribution in [0.15, 0.2) is 30.3 Å². The lowest BCUT2D eigenvalue weighted by molar-refractivity contribution is -0.144. The van der Waals surface area contributed by atoms with E-state index in [0.717, 1.165) is 0 Å². The van der Waals surface area contributed by atoms with Crippen LogP contribution in [0.2, 0.25) is 0 Å². The zero-order valence-corrected chi connectivity index (χ0v) is 11.4. The molecule has 1 aliphatic rings. The van der Waals surface area contributed by atoms with Crippen molar-refractivity contribution in [1.29, 1.82) is 0 Å². The number of rotatable bonds is 4. The highest BCUT2D eigenvalue weighted by Crippen LogP contribution is 2.18. The molecule has 19 heavy (non-hydrogen) atoms. The molecule has 2 atom stereocenters. The van der Waals surface area contributed by atoms with Gasteiger partial charge in [-0.2, -0.15) is 0 Å². The highest BCUT2D eigenvalue weighted by molar-refractivity contribution is 5.94. The Morgan fingerprint density at radius 3 is 2.63 bits per heavy atom. The molecule has 0 saturated carbocycles. The van der Waals surface area contributed by atoms with Crippen LogP contribution in [-0.4, -0.2) is 35.8 Å². The van der Waals surface area contributed by atoms with Gasteiger partial charge in [0.2, 0.25) is 11.8 Å². The highest BCUT2D eigenvalue weighted by Gasteiger charge is 2.31. The third-order valence-electron chi connectivity index (χ3n) is 3.55. The summed E-state index contributed by atoms with van der Waals surface area (Å²) in [6.45, 7) is 4.75. The van der Waals surface area contributed by atoms with Crippen molar-refractivity contribution in [2.24, 2.45) is 0 Å². The summed E-state index contributed by atoms with van der Waals surface area (Å²) in [5, 5.41) is 2.73. The van der Waals surface area contributed by atoms with Crippen molar-refractivity contribution in [2.75, 3.05) is 13.1 Å². The standard InChI is InChI=1S/C15H20N2O2/c1-3-13-15(19)17(10-14(18)16-13)9-11(2)12-7-5-4-6-8-12/h4-8,11,13H,3,9-10H2,1-2H3,(H,16,18). The molecule has 0 aromatic heterocycles. The van der Waals surface area contributed by atoms with Crippen LogP contribution in [0.1, 0.15) is 31.7 Å². The predicted molar refractivity (Wildman–Crippen MR) is 73.7 cm³/mol. The summed E-state index contributed by atoms with van der Waals surface area (Å²) < 4.78 is 0. The fourth-order valence-electron chi connectivity index (χ4n) is 2.42. The normalized spacial score (nSPS) is 21.2. The van der Waals surface area contributed by atoms with E-state index in [9.17, 15) is 9.59 Å². The molecule has 2 amide bonds. The molecule has 1 heterocycles. The van der Waals surface area contributed by atoms with Gasteiger partial charge in [-0.3, -0.25) is 9.59 Å². The van der Waals surface area contributed by atoms with Gasteiger partial charge in [0.25, 0.3) is 0 Å². The predicted octanol–water partition coefficient (Wildman–Crippen LogP) is 1.53. The number of carbonyl (C=O) groups is 2. The van der Waals surface area contributed by atoms with Crippen molar-refractivity contribution >= 4 is 11.8 Å². The molecule has 0 bridgehead atoms. The first-order valence-electron chi connectivity index (χ1n) is 6.75. The first-order chi connectivity index (χ1) is 9.11. The zero-order chi connectivity index (χ0) is 13.8. The molecule has 2 rings (SSSR count). The lowest BCUT2D eigenvalue weighted by Gasteiger charge is -2.33. The molecule has 0 aliphatic carbocycles. The Bertz CT molecular complexity index is 458. The van der Waals surface area contributed by atoms with Crippen molar-refractivity contribution in [3.63, 3.8) is 0 Å². The maximum absolute atomic E-state index is 12.2. The minimum atomic E-state index is -0.357. The Morgan fingerprint density at radius 2 is 2.00 bits per heavy atom. The summed E-state index contributed by atoms with van der Waals surface area (Å²) in [4.78, 5) is 25.5. The second kappa shape index (κ2) is 5.87. The second-order valence-electron chi connectivity index (χ2n) is 5.06. The van der Waals surface area contributed by atoms with Crippen LogP contribution in [0, 0.1) is 0 Å². The van der Waals surface area contributed by atoms with Crippen LogP contribution in [0.4, 0.5) is 0 Å². The van der Waals surface area contributed by atoms with Gasteiger partial charge >= 0.3 is 0 Å². The summed E-state index contributed by atoms with van der Waals surface area (Å²) in [5.41, 5.74) is 1.19. The molecule has 0 radical (unpaired) electrons. The molecule has 1 aromatic rings. The molecule has 102 valence electrons. The van der Waals surface area contributed by atoms with E-state index in [0.29, 0.717) is 13.0 Å². The molecule has 0 spiro atoms. The van der Waals surface area contributed by atoms with Crippen LogP contribution in [-0.2, 0) is 9.59 Å². The zero-order valence-electron chi connectivity index (χ0n) is 11.4. The summed E-state index contributed by atoms with van der Waals surface area (Å²) in [6, 6.07) is 9.70. The van der Waals surface area contributed by atoms with Crippen LogP contribution >= 0.6 is 0 Å². The topological polar surface area (TPSA) is 49.4 Å². The van der Waals surface area contributed by atoms with Crippen LogP contribution in [0.3, 0.4) is 0 Å². The fourth-order valence-corrected chi connectivity index (χ4v) is 2.42. The number of nitrogens with zero attached hydrogens (tertiary/aromatic N) is 1. The Morgan fingerprint density at radius 1 is 1.32 bits per heavy atom. The Hall–Kier alpha value is -1.84. The molecule has 4 nitrogen and oxygen atoms in total. The summed E-state index contributed by atoms with van der Waals surface area (Å²) in [5.74, 6) is 0.199. The smallest absolute Gasteiger partial charge is 0.245 e. The van der Waals surface area contributed by atoms with E-state index < -0.39 is 0 Å².